The highest BCUT2D eigenvalue weighted by Crippen LogP contribution is 2.47. The number of benzene rings is 2. The minimum Gasteiger partial charge on any atom is -0.493 e. The third-order valence-electron chi connectivity index (χ3n) is 6.49. The third-order valence-corrected chi connectivity index (χ3v) is 6.49. The summed E-state index contributed by atoms with van der Waals surface area (Å²) in [5.74, 6) is 0.505. The molecule has 0 N–H and O–H groups in total. The van der Waals surface area contributed by atoms with Crippen molar-refractivity contribution < 1.29 is 54.9 Å². The van der Waals surface area contributed by atoms with Gasteiger partial charge in [-0.2, -0.15) is 26.3 Å². The number of rotatable bonds is 7. The van der Waals surface area contributed by atoms with E-state index in [1.807, 2.05) is 0 Å². The minimum atomic E-state index is -5.07. The maximum absolute atomic E-state index is 13.5. The number of ether oxygens (including phenoxy) is 4. The van der Waals surface area contributed by atoms with Crippen LogP contribution >= 0.6 is 0 Å². The van der Waals surface area contributed by atoms with Gasteiger partial charge in [0.1, 0.15) is 0 Å². The van der Waals surface area contributed by atoms with Crippen LogP contribution in [0.15, 0.2) is 30.3 Å². The molecular formula is C27H30F6N2O6. The molecule has 14 heteroatoms. The summed E-state index contributed by atoms with van der Waals surface area (Å²) < 4.78 is 102. The Morgan fingerprint density at radius 2 is 1.54 bits per heavy atom. The fourth-order valence-electron chi connectivity index (χ4n) is 4.75. The summed E-state index contributed by atoms with van der Waals surface area (Å²) in [4.78, 5) is 28.3. The molecule has 0 spiro atoms. The van der Waals surface area contributed by atoms with E-state index in [1.54, 1.807) is 20.8 Å². The van der Waals surface area contributed by atoms with Crippen molar-refractivity contribution in [3.05, 3.63) is 52.6 Å². The van der Waals surface area contributed by atoms with Crippen molar-refractivity contribution in [2.24, 2.45) is 0 Å². The fourth-order valence-corrected chi connectivity index (χ4v) is 4.75. The zero-order chi connectivity index (χ0) is 30.7. The molecule has 8 nitrogen and oxygen atoms in total. The molecule has 0 saturated carbocycles. The quantitative estimate of drug-likeness (QED) is 0.317. The summed E-state index contributed by atoms with van der Waals surface area (Å²) >= 11 is 0. The molecule has 2 atom stereocenters. The van der Waals surface area contributed by atoms with E-state index in [2.05, 4.69) is 0 Å². The average Bonchev–Trinajstić information content (AvgIpc) is 2.89. The molecule has 226 valence electrons. The van der Waals surface area contributed by atoms with Gasteiger partial charge in [-0.05, 0) is 57.0 Å². The number of amides is 2. The van der Waals surface area contributed by atoms with Gasteiger partial charge in [0.25, 0.3) is 0 Å². The van der Waals surface area contributed by atoms with Crippen LogP contribution in [0.25, 0.3) is 0 Å². The van der Waals surface area contributed by atoms with Crippen molar-refractivity contribution in [3.63, 3.8) is 0 Å². The molecule has 2 aromatic carbocycles. The van der Waals surface area contributed by atoms with Crippen LogP contribution in [0.5, 0.6) is 11.5 Å². The van der Waals surface area contributed by atoms with E-state index < -0.39 is 59.9 Å². The van der Waals surface area contributed by atoms with Crippen LogP contribution < -0.4 is 14.4 Å². The number of hydrogen-bond acceptors (Lipinski definition) is 6. The van der Waals surface area contributed by atoms with E-state index in [0.717, 1.165) is 12.0 Å². The van der Waals surface area contributed by atoms with E-state index >= 15 is 0 Å². The molecule has 0 radical (unpaired) electrons. The van der Waals surface area contributed by atoms with Crippen LogP contribution in [0.1, 0.15) is 55.5 Å². The van der Waals surface area contributed by atoms with E-state index in [-0.39, 0.29) is 42.9 Å². The van der Waals surface area contributed by atoms with Gasteiger partial charge in [-0.3, -0.25) is 9.80 Å². The molecule has 1 aliphatic heterocycles. The second-order valence-corrected chi connectivity index (χ2v) is 9.18. The number of carbonyl (C=O) groups is 2. The van der Waals surface area contributed by atoms with Crippen molar-refractivity contribution in [2.45, 2.75) is 58.2 Å². The first-order valence-electron chi connectivity index (χ1n) is 12.6. The Hall–Kier alpha value is -3.84. The maximum atomic E-state index is 13.5. The van der Waals surface area contributed by atoms with Gasteiger partial charge in [0.2, 0.25) is 0 Å². The van der Waals surface area contributed by atoms with Crippen molar-refractivity contribution in [3.8, 4) is 11.5 Å². The van der Waals surface area contributed by atoms with Crippen molar-refractivity contribution in [1.29, 1.82) is 0 Å². The summed E-state index contributed by atoms with van der Waals surface area (Å²) in [5.41, 5.74) is -2.85. The lowest BCUT2D eigenvalue weighted by Crippen LogP contribution is -2.47. The number of anilines is 1. The molecule has 0 bridgehead atoms. The van der Waals surface area contributed by atoms with Gasteiger partial charge in [0, 0.05) is 24.2 Å². The number of carbonyl (C=O) groups excluding carboxylic acids is 2. The number of hydrogen-bond donors (Lipinski definition) is 0. The second-order valence-electron chi connectivity index (χ2n) is 9.18. The molecule has 41 heavy (non-hydrogen) atoms. The Morgan fingerprint density at radius 3 is 2.02 bits per heavy atom. The highest BCUT2D eigenvalue weighted by atomic mass is 19.4. The van der Waals surface area contributed by atoms with E-state index in [1.165, 1.54) is 24.1 Å². The maximum Gasteiger partial charge on any atom is 0.416 e. The summed E-state index contributed by atoms with van der Waals surface area (Å²) in [6.07, 6.45) is -11.8. The van der Waals surface area contributed by atoms with Gasteiger partial charge in [0.15, 0.2) is 11.5 Å². The largest absolute Gasteiger partial charge is 0.493 e. The Kier molecular flexibility index (Phi) is 9.54. The van der Waals surface area contributed by atoms with Crippen LogP contribution in [-0.4, -0.2) is 50.6 Å². The molecule has 0 aliphatic carbocycles. The number of nitrogens with zero attached hydrogens (tertiary/aromatic N) is 2. The lowest BCUT2D eigenvalue weighted by Gasteiger charge is -2.42. The van der Waals surface area contributed by atoms with Crippen molar-refractivity contribution in [1.82, 2.24) is 4.90 Å². The highest BCUT2D eigenvalue weighted by molar-refractivity contribution is 5.91. The first-order chi connectivity index (χ1) is 19.2. The Labute approximate surface area is 232 Å². The van der Waals surface area contributed by atoms with Crippen LogP contribution in [0.4, 0.5) is 41.6 Å². The van der Waals surface area contributed by atoms with Gasteiger partial charge >= 0.3 is 24.5 Å². The third kappa shape index (κ3) is 6.91. The topological polar surface area (TPSA) is 77.5 Å². The Morgan fingerprint density at radius 1 is 0.927 bits per heavy atom. The first-order valence-corrected chi connectivity index (χ1v) is 12.6. The van der Waals surface area contributed by atoms with E-state index in [4.69, 9.17) is 18.9 Å². The molecular weight excluding hydrogens is 562 g/mol. The van der Waals surface area contributed by atoms with Crippen LogP contribution in [0, 0.1) is 0 Å². The molecule has 0 unspecified atom stereocenters. The zero-order valence-electron chi connectivity index (χ0n) is 23.0. The molecule has 1 aliphatic rings. The van der Waals surface area contributed by atoms with Crippen molar-refractivity contribution >= 4 is 17.9 Å². The molecule has 2 amide bonds. The SMILES string of the molecule is CCOC(=O)N1c2cc(OCC)c(OC)cc2[C@@H](N(Cc2cc(C(F)(F)F)cc(C(F)(F)F)c2)C(=O)OC)C[C@H]1C. The average molecular weight is 593 g/mol. The molecule has 1 heterocycles. The van der Waals surface area contributed by atoms with Crippen molar-refractivity contribution in [2.75, 3.05) is 32.3 Å². The number of methoxy groups -OCH3 is 2. The van der Waals surface area contributed by atoms with Crippen LogP contribution in [-0.2, 0) is 28.4 Å². The highest BCUT2D eigenvalue weighted by Gasteiger charge is 2.41. The fraction of sp³-hybridized carbons (Fsp3) is 0.481. The zero-order valence-corrected chi connectivity index (χ0v) is 23.0. The lowest BCUT2D eigenvalue weighted by molar-refractivity contribution is -0.143. The minimum absolute atomic E-state index is 0.0152. The van der Waals surface area contributed by atoms with E-state index in [0.29, 0.717) is 17.7 Å². The molecule has 2 aromatic rings. The molecule has 0 fully saturated rings. The van der Waals surface area contributed by atoms with Crippen LogP contribution in [0.3, 0.4) is 0 Å². The standard InChI is InChI=1S/C27H30F6N2O6/c1-6-40-23-13-21-19(12-22(23)38-4)20(8-15(3)35(21)25(37)41-7-2)34(24(36)39-5)14-16-9-17(26(28,29)30)11-18(10-16)27(31,32)33/h9-13,15,20H,6-8,14H2,1-5H3/t15-,20+/m1/s1. The molecule has 0 saturated heterocycles. The monoisotopic (exact) mass is 592 g/mol. The van der Waals surface area contributed by atoms with E-state index in [9.17, 15) is 35.9 Å². The lowest BCUT2D eigenvalue weighted by atomic mass is 9.90. The number of alkyl halides is 6. The number of fused-ring (bicyclic) bond motifs is 1. The second kappa shape index (κ2) is 12.4. The summed E-state index contributed by atoms with van der Waals surface area (Å²) in [7, 11) is 2.41. The summed E-state index contributed by atoms with van der Waals surface area (Å²) in [5, 5.41) is 0. The smallest absolute Gasteiger partial charge is 0.416 e. The normalized spacial score (nSPS) is 17.0. The summed E-state index contributed by atoms with van der Waals surface area (Å²) in [6.45, 7) is 4.68. The molecule has 0 aromatic heterocycles. The predicted octanol–water partition coefficient (Wildman–Crippen LogP) is 7.20. The van der Waals surface area contributed by atoms with Gasteiger partial charge in [0.05, 0.1) is 50.3 Å². The summed E-state index contributed by atoms with van der Waals surface area (Å²) in [6, 6.07) is 2.58. The van der Waals surface area contributed by atoms with Gasteiger partial charge in [-0.25, -0.2) is 9.59 Å². The Bertz CT molecular complexity index is 1230. The predicted molar refractivity (Wildman–Crippen MR) is 135 cm³/mol. The van der Waals surface area contributed by atoms with Gasteiger partial charge in [-0.15, -0.1) is 0 Å². The van der Waals surface area contributed by atoms with Gasteiger partial charge in [-0.1, -0.05) is 0 Å². The van der Waals surface area contributed by atoms with Gasteiger partial charge < -0.3 is 18.9 Å². The van der Waals surface area contributed by atoms with Crippen LogP contribution in [0.2, 0.25) is 0 Å². The molecule has 3 rings (SSSR count). The number of halogens is 6. The first kappa shape index (κ1) is 31.7. The Balaban J connectivity index is 2.21.